The Hall–Kier alpha value is -3.41. The van der Waals surface area contributed by atoms with Crippen molar-refractivity contribution in [1.29, 1.82) is 0 Å². The van der Waals surface area contributed by atoms with Crippen molar-refractivity contribution < 1.29 is 9.59 Å². The third-order valence-electron chi connectivity index (χ3n) is 5.74. The maximum atomic E-state index is 12.4. The molecule has 2 aromatic carbocycles. The minimum atomic E-state index is -0.233. The number of imidazole rings is 1. The van der Waals surface area contributed by atoms with Gasteiger partial charge < -0.3 is 15.2 Å². The molecule has 4 rings (SSSR count). The molecule has 1 aromatic heterocycles. The number of aromatic nitrogens is 2. The van der Waals surface area contributed by atoms with Crippen LogP contribution in [0.2, 0.25) is 0 Å². The molecule has 0 bridgehead atoms. The van der Waals surface area contributed by atoms with Crippen LogP contribution < -0.4 is 10.6 Å². The van der Waals surface area contributed by atoms with Crippen molar-refractivity contribution in [1.82, 2.24) is 9.55 Å². The van der Waals surface area contributed by atoms with Crippen molar-refractivity contribution in [2.75, 3.05) is 10.6 Å². The monoisotopic (exact) mass is 416 g/mol. The van der Waals surface area contributed by atoms with E-state index in [9.17, 15) is 9.59 Å². The fraction of sp³-hybridized carbons (Fsp3) is 0.320. The number of anilines is 2. The molecule has 1 heterocycles. The minimum absolute atomic E-state index is 0.131. The number of rotatable bonds is 6. The zero-order valence-electron chi connectivity index (χ0n) is 17.8. The number of amides is 2. The van der Waals surface area contributed by atoms with E-state index in [0.717, 1.165) is 48.2 Å². The fourth-order valence-corrected chi connectivity index (χ4v) is 3.91. The molecule has 2 N–H and O–H groups in total. The van der Waals surface area contributed by atoms with Crippen LogP contribution in [0.4, 0.5) is 11.4 Å². The Bertz CT molecular complexity index is 1030. The first-order chi connectivity index (χ1) is 15.1. The second-order valence-electron chi connectivity index (χ2n) is 8.27. The van der Waals surface area contributed by atoms with Crippen molar-refractivity contribution in [3.63, 3.8) is 0 Å². The molecule has 31 heavy (non-hydrogen) atoms. The predicted molar refractivity (Wildman–Crippen MR) is 122 cm³/mol. The van der Waals surface area contributed by atoms with E-state index in [2.05, 4.69) is 15.6 Å². The lowest BCUT2D eigenvalue weighted by Crippen LogP contribution is -2.24. The topological polar surface area (TPSA) is 76.0 Å². The highest BCUT2D eigenvalue weighted by atomic mass is 16.2. The molecular weight excluding hydrogens is 388 g/mol. The molecule has 1 fully saturated rings. The number of carbonyl (C=O) groups is 2. The smallest absolute Gasteiger partial charge is 0.275 e. The van der Waals surface area contributed by atoms with Crippen molar-refractivity contribution in [3.8, 4) is 0 Å². The van der Waals surface area contributed by atoms with E-state index in [-0.39, 0.29) is 17.7 Å². The van der Waals surface area contributed by atoms with Gasteiger partial charge >= 0.3 is 0 Å². The molecule has 2 amide bonds. The lowest BCUT2D eigenvalue weighted by molar-refractivity contribution is -0.120. The van der Waals surface area contributed by atoms with Gasteiger partial charge in [0.05, 0.1) is 6.33 Å². The molecule has 6 nitrogen and oxygen atoms in total. The number of hydrogen-bond acceptors (Lipinski definition) is 3. The van der Waals surface area contributed by atoms with E-state index < -0.39 is 0 Å². The average molecular weight is 417 g/mol. The third kappa shape index (κ3) is 5.60. The van der Waals surface area contributed by atoms with Crippen LogP contribution in [0.3, 0.4) is 0 Å². The number of nitrogens with zero attached hydrogens (tertiary/aromatic N) is 2. The summed E-state index contributed by atoms with van der Waals surface area (Å²) in [6, 6.07) is 15.5. The first-order valence-corrected chi connectivity index (χ1v) is 10.9. The normalized spacial score (nSPS) is 14.2. The fourth-order valence-electron chi connectivity index (χ4n) is 3.91. The molecule has 0 unspecified atom stereocenters. The van der Waals surface area contributed by atoms with E-state index in [1.807, 2.05) is 60.0 Å². The molecule has 160 valence electrons. The second-order valence-corrected chi connectivity index (χ2v) is 8.27. The molecule has 0 atom stereocenters. The molecule has 1 aliphatic carbocycles. The highest BCUT2D eigenvalue weighted by molar-refractivity contribution is 6.02. The number of nitrogens with one attached hydrogen (secondary N) is 2. The zero-order valence-corrected chi connectivity index (χ0v) is 17.8. The summed E-state index contributed by atoms with van der Waals surface area (Å²) in [5, 5.41) is 5.90. The van der Waals surface area contributed by atoms with Gasteiger partial charge in [-0.25, -0.2) is 4.98 Å². The number of aryl methyl sites for hydroxylation is 1. The highest BCUT2D eigenvalue weighted by Crippen LogP contribution is 2.25. The van der Waals surface area contributed by atoms with Gasteiger partial charge in [-0.2, -0.15) is 0 Å². The Balaban J connectivity index is 1.32. The lowest BCUT2D eigenvalue weighted by atomic mass is 9.88. The number of benzene rings is 2. The zero-order chi connectivity index (χ0) is 21.6. The van der Waals surface area contributed by atoms with Crippen LogP contribution in [0.1, 0.15) is 53.7 Å². The van der Waals surface area contributed by atoms with Gasteiger partial charge in [0, 0.05) is 30.0 Å². The van der Waals surface area contributed by atoms with E-state index in [4.69, 9.17) is 0 Å². The van der Waals surface area contributed by atoms with Crippen LogP contribution in [-0.4, -0.2) is 21.4 Å². The molecule has 0 saturated heterocycles. The Labute approximate surface area is 182 Å². The summed E-state index contributed by atoms with van der Waals surface area (Å²) in [7, 11) is 0. The summed E-state index contributed by atoms with van der Waals surface area (Å²) in [5.74, 6) is 0.0403. The Morgan fingerprint density at radius 3 is 2.29 bits per heavy atom. The van der Waals surface area contributed by atoms with Crippen LogP contribution in [0.5, 0.6) is 0 Å². The quantitative estimate of drug-likeness (QED) is 0.593. The third-order valence-corrected chi connectivity index (χ3v) is 5.74. The van der Waals surface area contributed by atoms with Gasteiger partial charge in [-0.15, -0.1) is 0 Å². The van der Waals surface area contributed by atoms with Crippen LogP contribution in [0.25, 0.3) is 0 Å². The number of carbonyl (C=O) groups excluding carboxylic acids is 2. The first kappa shape index (κ1) is 20.8. The molecule has 1 saturated carbocycles. The maximum Gasteiger partial charge on any atom is 0.275 e. The van der Waals surface area contributed by atoms with Gasteiger partial charge in [0.2, 0.25) is 5.91 Å². The van der Waals surface area contributed by atoms with E-state index in [1.165, 1.54) is 6.42 Å². The summed E-state index contributed by atoms with van der Waals surface area (Å²) >= 11 is 0. The van der Waals surface area contributed by atoms with E-state index in [1.54, 1.807) is 12.5 Å². The maximum absolute atomic E-state index is 12.4. The van der Waals surface area contributed by atoms with Crippen molar-refractivity contribution >= 4 is 23.2 Å². The van der Waals surface area contributed by atoms with Gasteiger partial charge in [0.25, 0.3) is 5.91 Å². The van der Waals surface area contributed by atoms with Crippen molar-refractivity contribution in [2.24, 2.45) is 5.92 Å². The Kier molecular flexibility index (Phi) is 6.46. The van der Waals surface area contributed by atoms with Crippen LogP contribution >= 0.6 is 0 Å². The predicted octanol–water partition coefficient (Wildman–Crippen LogP) is 5.01. The molecule has 0 spiro atoms. The van der Waals surface area contributed by atoms with Gasteiger partial charge in [-0.1, -0.05) is 49.1 Å². The minimum Gasteiger partial charge on any atom is -0.332 e. The second kappa shape index (κ2) is 9.60. The Morgan fingerprint density at radius 2 is 1.58 bits per heavy atom. The van der Waals surface area contributed by atoms with Gasteiger partial charge in [-0.3, -0.25) is 9.59 Å². The van der Waals surface area contributed by atoms with Crippen LogP contribution in [0, 0.1) is 12.8 Å². The SMILES string of the molecule is Cc1ccc(NC(=O)c2cn(Cc3ccc(NC(=O)C4CCCCC4)cc3)cn2)cc1. The largest absolute Gasteiger partial charge is 0.332 e. The van der Waals surface area contributed by atoms with Crippen molar-refractivity contribution in [2.45, 2.75) is 45.6 Å². The standard InChI is InChI=1S/C25H28N4O2/c1-18-7-11-21(12-8-18)28-25(31)23-16-29(17-26-23)15-19-9-13-22(14-10-19)27-24(30)20-5-3-2-4-6-20/h7-14,16-17,20H,2-6,15H2,1H3,(H,27,30)(H,28,31). The molecule has 0 radical (unpaired) electrons. The molecule has 0 aliphatic heterocycles. The summed E-state index contributed by atoms with van der Waals surface area (Å²) in [6.07, 6.45) is 8.90. The molecule has 6 heteroatoms. The van der Waals surface area contributed by atoms with E-state index >= 15 is 0 Å². The van der Waals surface area contributed by atoms with Gasteiger partial charge in [0.15, 0.2) is 0 Å². The lowest BCUT2D eigenvalue weighted by Gasteiger charge is -2.20. The van der Waals surface area contributed by atoms with Gasteiger partial charge in [-0.05, 0) is 49.6 Å². The van der Waals surface area contributed by atoms with Crippen molar-refractivity contribution in [3.05, 3.63) is 77.9 Å². The highest BCUT2D eigenvalue weighted by Gasteiger charge is 2.21. The van der Waals surface area contributed by atoms with E-state index in [0.29, 0.717) is 12.2 Å². The summed E-state index contributed by atoms with van der Waals surface area (Å²) < 4.78 is 1.87. The molecule has 1 aliphatic rings. The Morgan fingerprint density at radius 1 is 0.935 bits per heavy atom. The molecule has 3 aromatic rings. The van der Waals surface area contributed by atoms with Crippen LogP contribution in [0.15, 0.2) is 61.1 Å². The average Bonchev–Trinajstić information content (AvgIpc) is 3.26. The molecular formula is C25H28N4O2. The first-order valence-electron chi connectivity index (χ1n) is 10.9. The summed E-state index contributed by atoms with van der Waals surface area (Å²) in [6.45, 7) is 2.60. The summed E-state index contributed by atoms with van der Waals surface area (Å²) in [4.78, 5) is 29.0. The summed E-state index contributed by atoms with van der Waals surface area (Å²) in [5.41, 5.74) is 4.15. The van der Waals surface area contributed by atoms with Crippen LogP contribution in [-0.2, 0) is 11.3 Å². The van der Waals surface area contributed by atoms with Gasteiger partial charge in [0.1, 0.15) is 5.69 Å². The number of hydrogen-bond donors (Lipinski definition) is 2.